The summed E-state index contributed by atoms with van der Waals surface area (Å²) in [6.45, 7) is 0. The predicted octanol–water partition coefficient (Wildman–Crippen LogP) is 2.77. The highest BCUT2D eigenvalue weighted by atomic mass is 31.0. The third-order valence-corrected chi connectivity index (χ3v) is 3.43. The minimum Gasteiger partial charge on any atom is -0.398 e. The highest BCUT2D eigenvalue weighted by Crippen LogP contribution is 2.21. The molecular weight excluding hydrogens is 305 g/mol. The number of amidine groups is 1. The second-order valence-corrected chi connectivity index (χ2v) is 5.12. The molecule has 0 amide bonds. The van der Waals surface area contributed by atoms with Crippen molar-refractivity contribution in [2.45, 2.75) is 6.43 Å². The molecule has 0 bridgehead atoms. The summed E-state index contributed by atoms with van der Waals surface area (Å²) in [5.74, 6) is 0.289. The summed E-state index contributed by atoms with van der Waals surface area (Å²) in [6, 6.07) is 10.9. The maximum atomic E-state index is 12.4. The molecule has 0 heterocycles. The third kappa shape index (κ3) is 4.09. The number of alkyl halides is 2. The van der Waals surface area contributed by atoms with E-state index >= 15 is 0 Å². The minimum atomic E-state index is -2.49. The molecule has 2 rings (SSSR count). The van der Waals surface area contributed by atoms with Gasteiger partial charge < -0.3 is 11.5 Å². The van der Waals surface area contributed by atoms with E-state index in [1.165, 1.54) is 30.6 Å². The van der Waals surface area contributed by atoms with Crippen LogP contribution in [-0.2, 0) is 0 Å². The van der Waals surface area contributed by atoms with Crippen LogP contribution in [0.1, 0.15) is 17.6 Å². The van der Waals surface area contributed by atoms with Gasteiger partial charge in [-0.1, -0.05) is 12.1 Å². The summed E-state index contributed by atoms with van der Waals surface area (Å²) in [6.07, 6.45) is -1.20. The van der Waals surface area contributed by atoms with Crippen LogP contribution in [0.3, 0.4) is 0 Å². The molecule has 7 heteroatoms. The molecule has 0 spiro atoms. The van der Waals surface area contributed by atoms with Gasteiger partial charge >= 0.3 is 0 Å². The van der Waals surface area contributed by atoms with Gasteiger partial charge in [0.25, 0.3) is 6.43 Å². The molecule has 114 valence electrons. The lowest BCUT2D eigenvalue weighted by Gasteiger charge is -2.03. The van der Waals surface area contributed by atoms with Crippen molar-refractivity contribution >= 4 is 38.1 Å². The molecule has 0 aliphatic heterocycles. The summed E-state index contributed by atoms with van der Waals surface area (Å²) >= 11 is 0. The summed E-state index contributed by atoms with van der Waals surface area (Å²) in [5, 5.41) is 0.829. The number of anilines is 1. The van der Waals surface area contributed by atoms with Crippen molar-refractivity contribution in [3.8, 4) is 0 Å². The van der Waals surface area contributed by atoms with Crippen molar-refractivity contribution in [1.29, 1.82) is 0 Å². The Balaban J connectivity index is 2.10. The molecule has 4 nitrogen and oxygen atoms in total. The Morgan fingerprint density at radius 2 is 1.82 bits per heavy atom. The fourth-order valence-corrected chi connectivity index (χ4v) is 1.95. The van der Waals surface area contributed by atoms with Crippen molar-refractivity contribution < 1.29 is 8.78 Å². The number of benzene rings is 2. The van der Waals surface area contributed by atoms with E-state index in [4.69, 9.17) is 11.5 Å². The summed E-state index contributed by atoms with van der Waals surface area (Å²) in [5.41, 5.74) is 13.4. The van der Waals surface area contributed by atoms with Gasteiger partial charge in [-0.15, -0.1) is 9.24 Å². The Kier molecular flexibility index (Phi) is 5.17. The Hall–Kier alpha value is -2.33. The number of hydrogen-bond acceptors (Lipinski definition) is 2. The normalized spacial score (nSPS) is 12.3. The smallest absolute Gasteiger partial charge is 0.263 e. The minimum absolute atomic E-state index is 0.0446. The van der Waals surface area contributed by atoms with Gasteiger partial charge in [-0.25, -0.2) is 18.8 Å². The zero-order valence-electron chi connectivity index (χ0n) is 11.6. The molecule has 1 unspecified atom stereocenters. The molecule has 1 atom stereocenters. The number of rotatable bonds is 4. The highest BCUT2D eigenvalue weighted by molar-refractivity contribution is 7.28. The molecule has 0 radical (unpaired) electrons. The molecule has 0 aromatic heterocycles. The Morgan fingerprint density at radius 3 is 2.41 bits per heavy atom. The average molecular weight is 320 g/mol. The van der Waals surface area contributed by atoms with Gasteiger partial charge in [-0.2, -0.15) is 0 Å². The van der Waals surface area contributed by atoms with Crippen molar-refractivity contribution in [2.75, 3.05) is 5.73 Å². The fourth-order valence-electron chi connectivity index (χ4n) is 1.67. The van der Waals surface area contributed by atoms with Crippen LogP contribution in [0.15, 0.2) is 52.4 Å². The molecule has 0 saturated heterocycles. The van der Waals surface area contributed by atoms with E-state index in [-0.39, 0.29) is 11.4 Å². The second kappa shape index (κ2) is 7.09. The topological polar surface area (TPSA) is 76.8 Å². The second-order valence-electron chi connectivity index (χ2n) is 4.49. The molecule has 0 fully saturated rings. The number of hydrogen-bond donors (Lipinski definition) is 2. The summed E-state index contributed by atoms with van der Waals surface area (Å²) in [4.78, 5) is 8.07. The van der Waals surface area contributed by atoms with Crippen LogP contribution >= 0.6 is 9.24 Å². The Bertz CT molecular complexity index is 712. The van der Waals surface area contributed by atoms with E-state index in [1.807, 2.05) is 0 Å². The van der Waals surface area contributed by atoms with Crippen LogP contribution in [-0.4, -0.2) is 12.2 Å². The fraction of sp³-hybridized carbons (Fsp3) is 0.0667. The van der Waals surface area contributed by atoms with Crippen LogP contribution < -0.4 is 16.8 Å². The van der Waals surface area contributed by atoms with Gasteiger partial charge in [0.15, 0.2) is 0 Å². The van der Waals surface area contributed by atoms with Crippen LogP contribution in [0.4, 0.5) is 20.2 Å². The number of nitrogen functional groups attached to an aromatic ring is 1. The van der Waals surface area contributed by atoms with E-state index in [9.17, 15) is 8.78 Å². The zero-order chi connectivity index (χ0) is 16.1. The highest BCUT2D eigenvalue weighted by Gasteiger charge is 2.05. The molecule has 2 aromatic rings. The van der Waals surface area contributed by atoms with E-state index in [2.05, 4.69) is 19.2 Å². The summed E-state index contributed by atoms with van der Waals surface area (Å²) < 4.78 is 24.8. The molecule has 0 aliphatic carbocycles. The first-order valence-corrected chi connectivity index (χ1v) is 6.94. The maximum Gasteiger partial charge on any atom is 0.263 e. The Labute approximate surface area is 129 Å². The Morgan fingerprint density at radius 1 is 1.14 bits per heavy atom. The number of nitrogens with two attached hydrogens (primary N) is 2. The van der Waals surface area contributed by atoms with Crippen molar-refractivity contribution in [2.24, 2.45) is 15.7 Å². The van der Waals surface area contributed by atoms with Gasteiger partial charge in [-0.05, 0) is 35.6 Å². The molecule has 4 N–H and O–H groups in total. The van der Waals surface area contributed by atoms with Gasteiger partial charge in [0, 0.05) is 16.8 Å². The van der Waals surface area contributed by atoms with Crippen LogP contribution in [0, 0.1) is 0 Å². The quantitative estimate of drug-likeness (QED) is 0.393. The predicted molar refractivity (Wildman–Crippen MR) is 90.5 cm³/mol. The lowest BCUT2D eigenvalue weighted by Crippen LogP contribution is -2.15. The lowest BCUT2D eigenvalue weighted by molar-refractivity contribution is 0.151. The van der Waals surface area contributed by atoms with Gasteiger partial charge in [0.2, 0.25) is 0 Å². The van der Waals surface area contributed by atoms with Crippen LogP contribution in [0.25, 0.3) is 0 Å². The van der Waals surface area contributed by atoms with E-state index < -0.39 is 6.43 Å². The first-order chi connectivity index (χ1) is 10.5. The first-order valence-electron chi connectivity index (χ1n) is 6.36. The maximum absolute atomic E-state index is 12.4. The van der Waals surface area contributed by atoms with E-state index in [0.717, 1.165) is 10.9 Å². The van der Waals surface area contributed by atoms with Crippen molar-refractivity contribution in [3.63, 3.8) is 0 Å². The van der Waals surface area contributed by atoms with Crippen molar-refractivity contribution in [3.05, 3.63) is 53.6 Å². The number of nitrogens with zero attached hydrogens (tertiary/aromatic N) is 2. The largest absolute Gasteiger partial charge is 0.398 e. The van der Waals surface area contributed by atoms with E-state index in [1.54, 1.807) is 18.2 Å². The van der Waals surface area contributed by atoms with Crippen molar-refractivity contribution in [1.82, 2.24) is 0 Å². The van der Waals surface area contributed by atoms with Gasteiger partial charge in [0.1, 0.15) is 12.2 Å². The molecule has 0 saturated carbocycles. The van der Waals surface area contributed by atoms with Gasteiger partial charge in [0.05, 0.1) is 5.69 Å². The molecular formula is C15H15F2N4P. The van der Waals surface area contributed by atoms with Crippen LogP contribution in [0.5, 0.6) is 0 Å². The van der Waals surface area contributed by atoms with Gasteiger partial charge in [-0.3, -0.25) is 0 Å². The monoisotopic (exact) mass is 320 g/mol. The summed E-state index contributed by atoms with van der Waals surface area (Å²) in [7, 11) is 2.51. The molecule has 2 aromatic carbocycles. The van der Waals surface area contributed by atoms with Crippen LogP contribution in [0.2, 0.25) is 0 Å². The number of aliphatic imine (C=N–C) groups is 2. The van der Waals surface area contributed by atoms with E-state index in [0.29, 0.717) is 11.4 Å². The SMILES string of the molecule is NC(=NC=Nc1ccc(C(F)F)cc1)c1ccc(N)c(P)c1. The molecule has 0 aliphatic rings. The average Bonchev–Trinajstić information content (AvgIpc) is 2.50. The molecule has 22 heavy (non-hydrogen) atoms. The third-order valence-electron chi connectivity index (χ3n) is 2.93. The first kappa shape index (κ1) is 16.0. The number of halogens is 2. The standard InChI is InChI=1S/C15H15F2N4P/c16-14(17)9-1-4-11(5-2-9)20-8-21-15(19)10-3-6-12(18)13(22)7-10/h1-8,14H,18,22H2,(H2,19,20,21). The zero-order valence-corrected chi connectivity index (χ0v) is 12.7. The lowest BCUT2D eigenvalue weighted by atomic mass is 10.2.